The molecule has 1 saturated heterocycles. The first-order valence-corrected chi connectivity index (χ1v) is 7.80. The monoisotopic (exact) mass is 283 g/mol. The SMILES string of the molecule is O=C(c1ccc(C#CCO)cc1)N1CCCC2CCCC21. The van der Waals surface area contributed by atoms with Crippen molar-refractivity contribution >= 4 is 5.91 Å². The van der Waals surface area contributed by atoms with Gasteiger partial charge in [0.1, 0.15) is 6.61 Å². The van der Waals surface area contributed by atoms with Crippen LogP contribution in [0.3, 0.4) is 0 Å². The van der Waals surface area contributed by atoms with Gasteiger partial charge in [-0.15, -0.1) is 0 Å². The van der Waals surface area contributed by atoms with Crippen molar-refractivity contribution in [2.75, 3.05) is 13.2 Å². The van der Waals surface area contributed by atoms with E-state index in [1.165, 1.54) is 19.3 Å². The minimum atomic E-state index is -0.141. The maximum Gasteiger partial charge on any atom is 0.254 e. The molecule has 2 aliphatic rings. The summed E-state index contributed by atoms with van der Waals surface area (Å²) in [5, 5.41) is 8.69. The van der Waals surface area contributed by atoms with Crippen LogP contribution in [0.1, 0.15) is 48.0 Å². The molecule has 1 aromatic rings. The fraction of sp³-hybridized carbons (Fsp3) is 0.500. The highest BCUT2D eigenvalue weighted by atomic mass is 16.2. The number of likely N-dealkylation sites (tertiary alicyclic amines) is 1. The fourth-order valence-corrected chi connectivity index (χ4v) is 3.71. The quantitative estimate of drug-likeness (QED) is 0.804. The van der Waals surface area contributed by atoms with Crippen LogP contribution >= 0.6 is 0 Å². The van der Waals surface area contributed by atoms with Crippen molar-refractivity contribution in [2.45, 2.75) is 38.1 Å². The van der Waals surface area contributed by atoms with E-state index < -0.39 is 0 Å². The van der Waals surface area contributed by atoms with Crippen molar-refractivity contribution in [3.05, 3.63) is 35.4 Å². The molecule has 110 valence electrons. The molecule has 3 heteroatoms. The molecule has 1 aliphatic heterocycles. The number of hydrogen-bond donors (Lipinski definition) is 1. The van der Waals surface area contributed by atoms with Crippen molar-refractivity contribution in [3.8, 4) is 11.8 Å². The predicted molar refractivity (Wildman–Crippen MR) is 81.8 cm³/mol. The third kappa shape index (κ3) is 2.96. The molecule has 0 radical (unpaired) electrons. The number of piperidine rings is 1. The average molecular weight is 283 g/mol. The number of hydrogen-bond acceptors (Lipinski definition) is 2. The van der Waals surface area contributed by atoms with Gasteiger partial charge in [-0.1, -0.05) is 18.3 Å². The van der Waals surface area contributed by atoms with Crippen LogP contribution in [0.2, 0.25) is 0 Å². The Morgan fingerprint density at radius 3 is 2.71 bits per heavy atom. The molecule has 3 nitrogen and oxygen atoms in total. The molecular weight excluding hydrogens is 262 g/mol. The normalized spacial score (nSPS) is 24.1. The first-order chi connectivity index (χ1) is 10.3. The third-order valence-corrected chi connectivity index (χ3v) is 4.70. The Morgan fingerprint density at radius 1 is 1.19 bits per heavy atom. The lowest BCUT2D eigenvalue weighted by Gasteiger charge is -2.37. The molecular formula is C18H21NO2. The first-order valence-electron chi connectivity index (χ1n) is 7.80. The van der Waals surface area contributed by atoms with Gasteiger partial charge in [-0.05, 0) is 55.9 Å². The van der Waals surface area contributed by atoms with Gasteiger partial charge in [0.25, 0.3) is 5.91 Å². The molecule has 1 amide bonds. The van der Waals surface area contributed by atoms with E-state index in [2.05, 4.69) is 16.7 Å². The summed E-state index contributed by atoms with van der Waals surface area (Å²) in [7, 11) is 0. The van der Waals surface area contributed by atoms with Crippen LogP contribution in [0.5, 0.6) is 0 Å². The molecule has 2 fully saturated rings. The number of amides is 1. The van der Waals surface area contributed by atoms with E-state index >= 15 is 0 Å². The second kappa shape index (κ2) is 6.32. The highest BCUT2D eigenvalue weighted by Crippen LogP contribution is 2.37. The summed E-state index contributed by atoms with van der Waals surface area (Å²) in [6.45, 7) is 0.754. The van der Waals surface area contributed by atoms with Gasteiger partial charge in [-0.2, -0.15) is 0 Å². The second-order valence-corrected chi connectivity index (χ2v) is 5.94. The zero-order valence-electron chi connectivity index (χ0n) is 12.2. The Kier molecular flexibility index (Phi) is 4.26. The molecule has 2 unspecified atom stereocenters. The molecule has 0 aromatic heterocycles. The summed E-state index contributed by atoms with van der Waals surface area (Å²) in [5.41, 5.74) is 1.58. The van der Waals surface area contributed by atoms with Gasteiger partial charge in [0.2, 0.25) is 0 Å². The zero-order valence-corrected chi connectivity index (χ0v) is 12.2. The van der Waals surface area contributed by atoms with Gasteiger partial charge in [0, 0.05) is 23.7 Å². The van der Waals surface area contributed by atoms with E-state index in [0.717, 1.165) is 36.4 Å². The number of carbonyl (C=O) groups is 1. The Bertz CT molecular complexity index is 567. The van der Waals surface area contributed by atoms with Crippen LogP contribution in [0.15, 0.2) is 24.3 Å². The van der Waals surface area contributed by atoms with Crippen molar-refractivity contribution < 1.29 is 9.90 Å². The van der Waals surface area contributed by atoms with Gasteiger partial charge in [0.05, 0.1) is 0 Å². The van der Waals surface area contributed by atoms with Crippen molar-refractivity contribution in [1.29, 1.82) is 0 Å². The van der Waals surface area contributed by atoms with Crippen LogP contribution in [0.4, 0.5) is 0 Å². The van der Waals surface area contributed by atoms with Crippen molar-refractivity contribution in [2.24, 2.45) is 5.92 Å². The number of fused-ring (bicyclic) bond motifs is 1. The fourth-order valence-electron chi connectivity index (χ4n) is 3.71. The lowest BCUT2D eigenvalue weighted by Crippen LogP contribution is -2.46. The molecule has 0 spiro atoms. The third-order valence-electron chi connectivity index (χ3n) is 4.70. The van der Waals surface area contributed by atoms with Crippen LogP contribution < -0.4 is 0 Å². The molecule has 2 atom stereocenters. The van der Waals surface area contributed by atoms with E-state index in [1.807, 2.05) is 24.3 Å². The topological polar surface area (TPSA) is 40.5 Å². The summed E-state index contributed by atoms with van der Waals surface area (Å²) in [6.07, 6.45) is 6.12. The summed E-state index contributed by atoms with van der Waals surface area (Å²) in [5.74, 6) is 6.35. The standard InChI is InChI=1S/C18H21NO2/c20-13-3-4-14-8-10-16(11-9-14)18(21)19-12-2-6-15-5-1-7-17(15)19/h8-11,15,17,20H,1-2,5-7,12-13H2. The number of benzene rings is 1. The van der Waals surface area contributed by atoms with E-state index in [4.69, 9.17) is 5.11 Å². The predicted octanol–water partition coefficient (Wildman–Crippen LogP) is 2.44. The number of aliphatic hydroxyl groups excluding tert-OH is 1. The Hall–Kier alpha value is -1.79. The highest BCUT2D eigenvalue weighted by Gasteiger charge is 2.37. The Morgan fingerprint density at radius 2 is 1.95 bits per heavy atom. The van der Waals surface area contributed by atoms with Crippen LogP contribution in [-0.4, -0.2) is 35.1 Å². The van der Waals surface area contributed by atoms with Crippen LogP contribution in [-0.2, 0) is 0 Å². The lowest BCUT2D eigenvalue weighted by molar-refractivity contribution is 0.0548. The van der Waals surface area contributed by atoms with E-state index in [-0.39, 0.29) is 12.5 Å². The van der Waals surface area contributed by atoms with Crippen molar-refractivity contribution in [3.63, 3.8) is 0 Å². The summed E-state index contributed by atoms with van der Waals surface area (Å²) in [6, 6.07) is 7.86. The minimum absolute atomic E-state index is 0.141. The van der Waals surface area contributed by atoms with E-state index in [1.54, 1.807) is 0 Å². The number of rotatable bonds is 1. The van der Waals surface area contributed by atoms with Gasteiger partial charge in [-0.25, -0.2) is 0 Å². The Balaban J connectivity index is 1.75. The Labute approximate surface area is 126 Å². The molecule has 3 rings (SSSR count). The second-order valence-electron chi connectivity index (χ2n) is 5.94. The van der Waals surface area contributed by atoms with Crippen LogP contribution in [0.25, 0.3) is 0 Å². The van der Waals surface area contributed by atoms with Gasteiger partial charge in [-0.3, -0.25) is 4.79 Å². The van der Waals surface area contributed by atoms with Gasteiger partial charge >= 0.3 is 0 Å². The maximum atomic E-state index is 12.7. The maximum absolute atomic E-state index is 12.7. The molecule has 0 bridgehead atoms. The average Bonchev–Trinajstić information content (AvgIpc) is 3.01. The summed E-state index contributed by atoms with van der Waals surface area (Å²) < 4.78 is 0. The smallest absolute Gasteiger partial charge is 0.254 e. The summed E-state index contributed by atoms with van der Waals surface area (Å²) >= 11 is 0. The summed E-state index contributed by atoms with van der Waals surface area (Å²) in [4.78, 5) is 14.8. The number of carbonyl (C=O) groups excluding carboxylic acids is 1. The van der Waals surface area contributed by atoms with Crippen molar-refractivity contribution in [1.82, 2.24) is 4.90 Å². The highest BCUT2D eigenvalue weighted by molar-refractivity contribution is 5.94. The molecule has 1 saturated carbocycles. The van der Waals surface area contributed by atoms with E-state index in [9.17, 15) is 4.79 Å². The largest absolute Gasteiger partial charge is 0.384 e. The lowest BCUT2D eigenvalue weighted by atomic mass is 9.91. The van der Waals surface area contributed by atoms with Gasteiger partial charge in [0.15, 0.2) is 0 Å². The van der Waals surface area contributed by atoms with E-state index in [0.29, 0.717) is 6.04 Å². The molecule has 1 heterocycles. The molecule has 1 aliphatic carbocycles. The molecule has 21 heavy (non-hydrogen) atoms. The van der Waals surface area contributed by atoms with Crippen LogP contribution in [0, 0.1) is 17.8 Å². The molecule has 1 aromatic carbocycles. The molecule has 1 N–H and O–H groups in total. The first kappa shape index (κ1) is 14.2. The minimum Gasteiger partial charge on any atom is -0.384 e. The zero-order chi connectivity index (χ0) is 14.7. The number of aliphatic hydroxyl groups is 1. The number of nitrogens with zero attached hydrogens (tertiary/aromatic N) is 1. The van der Waals surface area contributed by atoms with Gasteiger partial charge < -0.3 is 10.0 Å².